The topological polar surface area (TPSA) is 92.4 Å². The molecule has 3 aromatic heterocycles. The number of halogens is 2. The van der Waals surface area contributed by atoms with Crippen LogP contribution >= 0.6 is 8.07 Å². The minimum absolute atomic E-state index is 0.0229. The number of carbonyl (C=O) groups is 1. The average molecular weight is 420 g/mol. The Balaban J connectivity index is 1.45. The molecule has 9 nitrogen and oxygen atoms in total. The van der Waals surface area contributed by atoms with Crippen LogP contribution in [-0.4, -0.2) is 55.3 Å². The first-order valence-corrected chi connectivity index (χ1v) is 10.9. The van der Waals surface area contributed by atoms with Crippen LogP contribution in [0.15, 0.2) is 24.7 Å². The summed E-state index contributed by atoms with van der Waals surface area (Å²) in [6.45, 7) is 0.947. The van der Waals surface area contributed by atoms with Crippen molar-refractivity contribution in [2.75, 3.05) is 29.2 Å². The predicted molar refractivity (Wildman–Crippen MR) is 105 cm³/mol. The van der Waals surface area contributed by atoms with Gasteiger partial charge >= 0.3 is 0 Å². The molecule has 2 N–H and O–H groups in total. The fraction of sp³-hybridized carbons (Fsp3) is 0.412. The average Bonchev–Trinajstić information content (AvgIpc) is 3.31. The highest BCUT2D eigenvalue weighted by Crippen LogP contribution is 2.44. The maximum absolute atomic E-state index is 13.2. The van der Waals surface area contributed by atoms with Crippen LogP contribution in [-0.2, 0) is 7.05 Å². The molecule has 12 heteroatoms. The van der Waals surface area contributed by atoms with E-state index in [9.17, 15) is 13.6 Å². The zero-order valence-corrected chi connectivity index (χ0v) is 16.5. The van der Waals surface area contributed by atoms with Gasteiger partial charge in [0.2, 0.25) is 0 Å². The minimum Gasteiger partial charge on any atom is -0.347 e. The molecule has 2 unspecified atom stereocenters. The number of nitrogens with zero attached hydrogens (tertiary/aromatic N) is 6. The first-order valence-electron chi connectivity index (χ1n) is 9.22. The molecule has 6 rings (SSSR count). The monoisotopic (exact) mass is 420 g/mol. The molecule has 6 heterocycles. The molecule has 3 aliphatic rings. The number of anilines is 2. The van der Waals surface area contributed by atoms with Gasteiger partial charge in [-0.1, -0.05) is 0 Å². The number of hydrogen-bond donors (Lipinski definition) is 2. The third-order valence-electron chi connectivity index (χ3n) is 5.25. The summed E-state index contributed by atoms with van der Waals surface area (Å²) in [5, 5.41) is 14.0. The highest BCUT2D eigenvalue weighted by Gasteiger charge is 2.34. The lowest BCUT2D eigenvalue weighted by molar-refractivity contribution is 0.102. The van der Waals surface area contributed by atoms with E-state index in [0.29, 0.717) is 11.7 Å². The fourth-order valence-electron chi connectivity index (χ4n) is 3.80. The Morgan fingerprint density at radius 3 is 3.00 bits per heavy atom. The van der Waals surface area contributed by atoms with Crippen LogP contribution in [0.3, 0.4) is 0 Å². The van der Waals surface area contributed by atoms with Crippen LogP contribution in [0.5, 0.6) is 0 Å². The van der Waals surface area contributed by atoms with Crippen LogP contribution < -0.4 is 15.3 Å². The van der Waals surface area contributed by atoms with Crippen LogP contribution in [0, 0.1) is 0 Å². The molecule has 2 atom stereocenters. The molecule has 152 valence electrons. The summed E-state index contributed by atoms with van der Waals surface area (Å²) >= 11 is 0. The summed E-state index contributed by atoms with van der Waals surface area (Å²) < 4.78 is 29.1. The third-order valence-corrected chi connectivity index (χ3v) is 7.33. The van der Waals surface area contributed by atoms with Crippen LogP contribution in [0.1, 0.15) is 28.9 Å². The number of fused-ring (bicyclic) bond motifs is 4. The van der Waals surface area contributed by atoms with E-state index in [-0.39, 0.29) is 19.3 Å². The third kappa shape index (κ3) is 3.24. The van der Waals surface area contributed by atoms with Gasteiger partial charge in [0.25, 0.3) is 12.3 Å². The quantitative estimate of drug-likeness (QED) is 0.629. The Labute approximate surface area is 165 Å². The van der Waals surface area contributed by atoms with E-state index in [4.69, 9.17) is 0 Å². The molecule has 29 heavy (non-hydrogen) atoms. The second kappa shape index (κ2) is 7.00. The molecular weight excluding hydrogens is 401 g/mol. The molecule has 0 spiro atoms. The molecule has 1 amide bonds. The van der Waals surface area contributed by atoms with Crippen LogP contribution in [0.4, 0.5) is 20.3 Å². The van der Waals surface area contributed by atoms with Gasteiger partial charge in [0.05, 0.1) is 18.2 Å². The molecule has 3 saturated heterocycles. The summed E-state index contributed by atoms with van der Waals surface area (Å²) in [6.07, 6.45) is 5.02. The second-order valence-corrected chi connectivity index (χ2v) is 9.27. The van der Waals surface area contributed by atoms with Crippen molar-refractivity contribution in [1.29, 1.82) is 0 Å². The molecule has 0 aromatic carbocycles. The number of aryl methyl sites for hydroxylation is 1. The molecule has 3 aliphatic heterocycles. The molecule has 3 fully saturated rings. The van der Waals surface area contributed by atoms with Crippen molar-refractivity contribution in [2.24, 2.45) is 7.05 Å². The van der Waals surface area contributed by atoms with Gasteiger partial charge in [-0.2, -0.15) is 10.2 Å². The molecule has 3 aromatic rings. The SMILES string of the molecule is Cn1cc(NC(=O)c2cnn3ccc(N4CP5CCC4CN5)nc23)c(C(F)F)n1. The number of alkyl halides is 2. The summed E-state index contributed by atoms with van der Waals surface area (Å²) in [4.78, 5) is 19.8. The summed E-state index contributed by atoms with van der Waals surface area (Å²) in [5.74, 6) is 0.256. The van der Waals surface area contributed by atoms with Crippen LogP contribution in [0.25, 0.3) is 5.65 Å². The number of nitrogens with one attached hydrogen (secondary N) is 2. The van der Waals surface area contributed by atoms with Crippen molar-refractivity contribution in [2.45, 2.75) is 18.9 Å². The maximum atomic E-state index is 13.2. The van der Waals surface area contributed by atoms with E-state index in [1.165, 1.54) is 34.8 Å². The number of hydrogen-bond acceptors (Lipinski definition) is 6. The Kier molecular flexibility index (Phi) is 4.44. The number of amides is 1. The number of rotatable bonds is 4. The summed E-state index contributed by atoms with van der Waals surface area (Å²) in [6, 6.07) is 2.29. The molecule has 0 radical (unpaired) electrons. The highest BCUT2D eigenvalue weighted by molar-refractivity contribution is 7.55. The van der Waals surface area contributed by atoms with Gasteiger partial charge in [-0.3, -0.25) is 14.6 Å². The van der Waals surface area contributed by atoms with E-state index in [1.54, 1.807) is 6.20 Å². The normalized spacial score (nSPS) is 21.3. The van der Waals surface area contributed by atoms with E-state index < -0.39 is 18.0 Å². The Morgan fingerprint density at radius 1 is 1.45 bits per heavy atom. The summed E-state index contributed by atoms with van der Waals surface area (Å²) in [7, 11) is 1.32. The number of carbonyl (C=O) groups excluding carboxylic acids is 1. The van der Waals surface area contributed by atoms with E-state index in [0.717, 1.165) is 25.1 Å². The lowest BCUT2D eigenvalue weighted by Gasteiger charge is -2.46. The second-order valence-electron chi connectivity index (χ2n) is 7.15. The van der Waals surface area contributed by atoms with Crippen molar-refractivity contribution in [3.63, 3.8) is 0 Å². The van der Waals surface area contributed by atoms with Crippen LogP contribution in [0.2, 0.25) is 0 Å². The molecular formula is C17H19F2N8OP. The van der Waals surface area contributed by atoms with Gasteiger partial charge in [-0.15, -0.1) is 0 Å². The van der Waals surface area contributed by atoms with Gasteiger partial charge < -0.3 is 10.2 Å². The number of aromatic nitrogens is 5. The standard InChI is InChI=1S/C17H19F2N8OP/c1-25-8-12(14(24-25)15(18)19)22-17(28)11-7-20-27-4-2-13(23-16(11)27)26-9-29-5-3-10(26)6-21-29/h2,4,7-8,10,15,21H,3,5-6,9H2,1H3,(H,22,28). The smallest absolute Gasteiger partial charge is 0.284 e. The lowest BCUT2D eigenvalue weighted by Crippen LogP contribution is -2.52. The lowest BCUT2D eigenvalue weighted by atomic mass is 10.2. The molecule has 0 saturated carbocycles. The van der Waals surface area contributed by atoms with Crippen molar-refractivity contribution in [1.82, 2.24) is 29.5 Å². The highest BCUT2D eigenvalue weighted by atomic mass is 31.1. The molecule has 0 aliphatic carbocycles. The van der Waals surface area contributed by atoms with Crippen molar-refractivity contribution in [3.05, 3.63) is 35.9 Å². The Hall–Kier alpha value is -2.65. The first kappa shape index (κ1) is 18.4. The minimum atomic E-state index is -2.79. The molecule has 2 bridgehead atoms. The zero-order chi connectivity index (χ0) is 20.1. The van der Waals surface area contributed by atoms with Crippen molar-refractivity contribution < 1.29 is 13.6 Å². The van der Waals surface area contributed by atoms with Gasteiger partial charge in [0.15, 0.2) is 11.3 Å². The zero-order valence-electron chi connectivity index (χ0n) is 15.6. The van der Waals surface area contributed by atoms with Gasteiger partial charge in [0.1, 0.15) is 11.4 Å². The van der Waals surface area contributed by atoms with E-state index in [1.807, 2.05) is 6.07 Å². The van der Waals surface area contributed by atoms with E-state index >= 15 is 0 Å². The van der Waals surface area contributed by atoms with Gasteiger partial charge in [0, 0.05) is 32.0 Å². The van der Waals surface area contributed by atoms with Gasteiger partial charge in [-0.05, 0) is 26.7 Å². The van der Waals surface area contributed by atoms with Gasteiger partial charge in [-0.25, -0.2) is 18.3 Å². The Bertz CT molecular complexity index is 1070. The predicted octanol–water partition coefficient (Wildman–Crippen LogP) is 2.19. The fourth-order valence-corrected chi connectivity index (χ4v) is 6.02. The van der Waals surface area contributed by atoms with E-state index in [2.05, 4.69) is 30.5 Å². The maximum Gasteiger partial charge on any atom is 0.284 e. The van der Waals surface area contributed by atoms with Crippen molar-refractivity contribution in [3.8, 4) is 0 Å². The largest absolute Gasteiger partial charge is 0.347 e. The summed E-state index contributed by atoms with van der Waals surface area (Å²) in [5.41, 5.74) is 0.127. The Morgan fingerprint density at radius 2 is 2.31 bits per heavy atom. The first-order chi connectivity index (χ1) is 14.0. The van der Waals surface area contributed by atoms with Crippen molar-refractivity contribution >= 4 is 31.1 Å².